The van der Waals surface area contributed by atoms with Crippen LogP contribution in [0.4, 0.5) is 0 Å². The van der Waals surface area contributed by atoms with Gasteiger partial charge in [0.1, 0.15) is 6.04 Å². The molecular formula is C13H24N5O2. The molecule has 0 aromatic heterocycles. The first kappa shape index (κ1) is 16.3. The average Bonchev–Trinajstić information content (AvgIpc) is 2.87. The Bertz CT molecular complexity index is 366. The Balaban J connectivity index is 2.34. The first-order chi connectivity index (χ1) is 9.56. The Morgan fingerprint density at radius 2 is 2.10 bits per heavy atom. The molecule has 1 saturated heterocycles. The molecule has 0 aromatic carbocycles. The zero-order chi connectivity index (χ0) is 15.0. The molecule has 1 aliphatic heterocycles. The van der Waals surface area contributed by atoms with Gasteiger partial charge in [-0.1, -0.05) is 0 Å². The molecule has 7 heteroatoms. The maximum absolute atomic E-state index is 12.1. The molecule has 1 aliphatic rings. The third kappa shape index (κ3) is 5.07. The standard InChI is InChI=1S/C13H24N5O2/c1-2-16-12(20)10-6-5-9-18(10)11(19)7-3-4-8-17-13(14)15/h10H,1-9H2,(H,16,20)(H4,14,15,17). The second kappa shape index (κ2) is 8.39. The van der Waals surface area contributed by atoms with Crippen molar-refractivity contribution in [1.29, 1.82) is 0 Å². The molecule has 0 saturated carbocycles. The molecule has 20 heavy (non-hydrogen) atoms. The van der Waals surface area contributed by atoms with E-state index in [1.165, 1.54) is 0 Å². The van der Waals surface area contributed by atoms with Gasteiger partial charge in [-0.2, -0.15) is 0 Å². The van der Waals surface area contributed by atoms with E-state index in [1.807, 2.05) is 0 Å². The van der Waals surface area contributed by atoms with Crippen LogP contribution in [0.5, 0.6) is 0 Å². The van der Waals surface area contributed by atoms with Crippen LogP contribution >= 0.6 is 0 Å². The second-order valence-corrected chi connectivity index (χ2v) is 4.80. The van der Waals surface area contributed by atoms with Crippen LogP contribution in [0.25, 0.3) is 0 Å². The van der Waals surface area contributed by atoms with Crippen LogP contribution in [0.2, 0.25) is 0 Å². The summed E-state index contributed by atoms with van der Waals surface area (Å²) in [5, 5.41) is 2.67. The van der Waals surface area contributed by atoms with Crippen LogP contribution < -0.4 is 16.8 Å². The number of nitrogens with zero attached hydrogens (tertiary/aromatic N) is 2. The summed E-state index contributed by atoms with van der Waals surface area (Å²) < 4.78 is 0. The summed E-state index contributed by atoms with van der Waals surface area (Å²) in [7, 11) is 0. The van der Waals surface area contributed by atoms with Crippen molar-refractivity contribution in [2.75, 3.05) is 19.6 Å². The van der Waals surface area contributed by atoms with Gasteiger partial charge in [0, 0.05) is 26.1 Å². The molecular weight excluding hydrogens is 258 g/mol. The average molecular weight is 282 g/mol. The maximum atomic E-state index is 12.1. The van der Waals surface area contributed by atoms with Gasteiger partial charge in [-0.15, -0.1) is 0 Å². The smallest absolute Gasteiger partial charge is 0.242 e. The molecule has 1 unspecified atom stereocenters. The third-order valence-corrected chi connectivity index (χ3v) is 3.27. The molecule has 0 spiro atoms. The van der Waals surface area contributed by atoms with Crippen molar-refractivity contribution < 1.29 is 9.59 Å². The van der Waals surface area contributed by atoms with Gasteiger partial charge in [0.2, 0.25) is 11.8 Å². The molecule has 2 amide bonds. The maximum Gasteiger partial charge on any atom is 0.242 e. The van der Waals surface area contributed by atoms with Crippen LogP contribution in [-0.2, 0) is 9.59 Å². The lowest BCUT2D eigenvalue weighted by atomic mass is 10.1. The molecule has 1 atom stereocenters. The Hall–Kier alpha value is -1.79. The third-order valence-electron chi connectivity index (χ3n) is 3.27. The zero-order valence-corrected chi connectivity index (χ0v) is 11.8. The number of nitrogens with two attached hydrogens (primary N) is 2. The number of hydrogen-bond acceptors (Lipinski definition) is 3. The highest BCUT2D eigenvalue weighted by atomic mass is 16.2. The van der Waals surface area contributed by atoms with Crippen molar-refractivity contribution in [2.45, 2.75) is 38.1 Å². The zero-order valence-electron chi connectivity index (χ0n) is 11.8. The molecule has 113 valence electrons. The van der Waals surface area contributed by atoms with Gasteiger partial charge < -0.3 is 21.7 Å². The molecule has 5 N–H and O–H groups in total. The van der Waals surface area contributed by atoms with E-state index in [1.54, 1.807) is 4.90 Å². The van der Waals surface area contributed by atoms with Gasteiger partial charge in [0.05, 0.1) is 0 Å². The second-order valence-electron chi connectivity index (χ2n) is 4.80. The minimum absolute atomic E-state index is 0.0245. The molecule has 0 aromatic rings. The van der Waals surface area contributed by atoms with E-state index in [4.69, 9.17) is 11.5 Å². The highest BCUT2D eigenvalue weighted by Crippen LogP contribution is 2.19. The molecule has 1 rings (SSSR count). The minimum atomic E-state index is -0.332. The van der Waals surface area contributed by atoms with Crippen LogP contribution in [0.15, 0.2) is 4.99 Å². The van der Waals surface area contributed by atoms with Crippen molar-refractivity contribution in [1.82, 2.24) is 10.2 Å². The minimum Gasteiger partial charge on any atom is -0.370 e. The predicted octanol–water partition coefficient (Wildman–Crippen LogP) is -0.629. The van der Waals surface area contributed by atoms with Crippen molar-refractivity contribution in [3.63, 3.8) is 0 Å². The predicted molar refractivity (Wildman–Crippen MR) is 77.6 cm³/mol. The first-order valence-electron chi connectivity index (χ1n) is 6.98. The molecule has 0 aliphatic carbocycles. The SMILES string of the molecule is [CH2]CNC(=O)C1CCCN1C(=O)CCCCN=C(N)N. The number of guanidine groups is 1. The fourth-order valence-corrected chi connectivity index (χ4v) is 2.32. The number of hydrogen-bond donors (Lipinski definition) is 3. The van der Waals surface area contributed by atoms with Crippen molar-refractivity contribution in [2.24, 2.45) is 16.5 Å². The molecule has 1 radical (unpaired) electrons. The van der Waals surface area contributed by atoms with E-state index in [0.29, 0.717) is 26.1 Å². The number of rotatable bonds is 7. The van der Waals surface area contributed by atoms with Crippen LogP contribution in [0, 0.1) is 6.92 Å². The van der Waals surface area contributed by atoms with E-state index in [2.05, 4.69) is 17.2 Å². The fourth-order valence-electron chi connectivity index (χ4n) is 2.32. The van der Waals surface area contributed by atoms with Gasteiger partial charge in [-0.3, -0.25) is 14.6 Å². The van der Waals surface area contributed by atoms with Crippen LogP contribution in [-0.4, -0.2) is 48.3 Å². The number of carbonyl (C=O) groups excluding carboxylic acids is 2. The lowest BCUT2D eigenvalue weighted by Gasteiger charge is -2.23. The molecule has 1 fully saturated rings. The Morgan fingerprint density at radius 3 is 2.75 bits per heavy atom. The highest BCUT2D eigenvalue weighted by Gasteiger charge is 2.33. The Labute approximate surface area is 119 Å². The van der Waals surface area contributed by atoms with Crippen molar-refractivity contribution in [3.8, 4) is 0 Å². The summed E-state index contributed by atoms with van der Waals surface area (Å²) in [6, 6.07) is -0.332. The fraction of sp³-hybridized carbons (Fsp3) is 0.692. The van der Waals surface area contributed by atoms with Crippen molar-refractivity contribution >= 4 is 17.8 Å². The number of amides is 2. The van der Waals surface area contributed by atoms with Crippen molar-refractivity contribution in [3.05, 3.63) is 6.92 Å². The van der Waals surface area contributed by atoms with E-state index < -0.39 is 0 Å². The molecule has 7 nitrogen and oxygen atoms in total. The van der Waals surface area contributed by atoms with Gasteiger partial charge in [-0.05, 0) is 32.6 Å². The highest BCUT2D eigenvalue weighted by molar-refractivity contribution is 5.88. The first-order valence-corrected chi connectivity index (χ1v) is 6.98. The lowest BCUT2D eigenvalue weighted by molar-refractivity contribution is -0.138. The lowest BCUT2D eigenvalue weighted by Crippen LogP contribution is -2.45. The topological polar surface area (TPSA) is 114 Å². The summed E-state index contributed by atoms with van der Waals surface area (Å²) in [5.41, 5.74) is 10.4. The number of unbranched alkanes of at least 4 members (excludes halogenated alkanes) is 1. The van der Waals surface area contributed by atoms with Gasteiger partial charge in [0.25, 0.3) is 0 Å². The van der Waals surface area contributed by atoms with Gasteiger partial charge >= 0.3 is 0 Å². The van der Waals surface area contributed by atoms with E-state index in [-0.39, 0.29) is 23.8 Å². The monoisotopic (exact) mass is 282 g/mol. The quantitative estimate of drug-likeness (QED) is 0.328. The summed E-state index contributed by atoms with van der Waals surface area (Å²) in [4.78, 5) is 29.5. The summed E-state index contributed by atoms with van der Waals surface area (Å²) in [5.74, 6) is -0.0106. The van der Waals surface area contributed by atoms with Gasteiger partial charge in [-0.25, -0.2) is 0 Å². The van der Waals surface area contributed by atoms with Crippen LogP contribution in [0.1, 0.15) is 32.1 Å². The number of nitrogens with one attached hydrogen (secondary N) is 1. The van der Waals surface area contributed by atoms with E-state index in [9.17, 15) is 9.59 Å². The largest absolute Gasteiger partial charge is 0.370 e. The summed E-state index contributed by atoms with van der Waals surface area (Å²) in [6.45, 7) is 5.11. The Morgan fingerprint density at radius 1 is 1.35 bits per heavy atom. The van der Waals surface area contributed by atoms with Crippen LogP contribution in [0.3, 0.4) is 0 Å². The summed E-state index contributed by atoms with van der Waals surface area (Å²) >= 11 is 0. The van der Waals surface area contributed by atoms with Gasteiger partial charge in [0.15, 0.2) is 5.96 Å². The van der Waals surface area contributed by atoms with E-state index >= 15 is 0 Å². The summed E-state index contributed by atoms with van der Waals surface area (Å²) in [6.07, 6.45) is 3.50. The normalized spacial score (nSPS) is 17.9. The molecule has 0 bridgehead atoms. The number of carbonyl (C=O) groups is 2. The van der Waals surface area contributed by atoms with E-state index in [0.717, 1.165) is 25.7 Å². The molecule has 1 heterocycles. The Kier molecular flexibility index (Phi) is 6.83. The number of aliphatic imine (C=N–C) groups is 1. The number of likely N-dealkylation sites (tertiary alicyclic amines) is 1.